The lowest BCUT2D eigenvalue weighted by Gasteiger charge is -2.34. The van der Waals surface area contributed by atoms with Crippen LogP contribution < -0.4 is 4.74 Å². The summed E-state index contributed by atoms with van der Waals surface area (Å²) in [5, 5.41) is 9.82. The molecular weight excluding hydrogens is 254 g/mol. The number of amides is 1. The van der Waals surface area contributed by atoms with Gasteiger partial charge in [-0.25, -0.2) is 0 Å². The maximum absolute atomic E-state index is 12.1. The molecule has 0 aromatic heterocycles. The molecule has 0 radical (unpaired) electrons. The van der Waals surface area contributed by atoms with Crippen molar-refractivity contribution in [3.05, 3.63) is 29.3 Å². The highest BCUT2D eigenvalue weighted by atomic mass is 16.5. The monoisotopic (exact) mass is 277 g/mol. The molecule has 4 nitrogen and oxygen atoms in total. The molecule has 0 aliphatic carbocycles. The summed E-state index contributed by atoms with van der Waals surface area (Å²) in [5.74, 6) is 0.949. The highest BCUT2D eigenvalue weighted by molar-refractivity contribution is 5.78. The zero-order valence-corrected chi connectivity index (χ0v) is 12.4. The normalized spacial score (nSPS) is 22.7. The Morgan fingerprint density at radius 2 is 2.20 bits per heavy atom. The first-order valence-electron chi connectivity index (χ1n) is 7.13. The third-order valence-electron chi connectivity index (χ3n) is 3.95. The summed E-state index contributed by atoms with van der Waals surface area (Å²) in [6.45, 7) is 7.16. The number of aryl methyl sites for hydroxylation is 2. The molecule has 1 saturated heterocycles. The lowest BCUT2D eigenvalue weighted by atomic mass is 9.96. The molecule has 20 heavy (non-hydrogen) atoms. The van der Waals surface area contributed by atoms with Gasteiger partial charge in [0.25, 0.3) is 5.91 Å². The lowest BCUT2D eigenvalue weighted by molar-refractivity contribution is -0.137. The Hall–Kier alpha value is -1.55. The van der Waals surface area contributed by atoms with Gasteiger partial charge in [-0.1, -0.05) is 24.6 Å². The Morgan fingerprint density at radius 3 is 2.85 bits per heavy atom. The summed E-state index contributed by atoms with van der Waals surface area (Å²) < 4.78 is 5.60. The van der Waals surface area contributed by atoms with E-state index in [1.54, 1.807) is 4.90 Å². The second kappa shape index (κ2) is 6.27. The van der Waals surface area contributed by atoms with E-state index in [0.717, 1.165) is 17.7 Å². The lowest BCUT2D eigenvalue weighted by Crippen LogP contribution is -2.47. The number of β-amino-alcohol motifs (C(OH)–C–C–N with tert-alkyl or cyclic N) is 1. The van der Waals surface area contributed by atoms with Gasteiger partial charge in [0.15, 0.2) is 6.61 Å². The van der Waals surface area contributed by atoms with Crippen molar-refractivity contribution in [1.29, 1.82) is 0 Å². The summed E-state index contributed by atoms with van der Waals surface area (Å²) in [5.41, 5.74) is 2.21. The highest BCUT2D eigenvalue weighted by Gasteiger charge is 2.27. The van der Waals surface area contributed by atoms with Crippen LogP contribution in [0.1, 0.15) is 24.5 Å². The number of carbonyl (C=O) groups excluding carboxylic acids is 1. The number of likely N-dealkylation sites (tertiary alicyclic amines) is 1. The van der Waals surface area contributed by atoms with E-state index in [4.69, 9.17) is 4.74 Å². The van der Waals surface area contributed by atoms with Crippen molar-refractivity contribution >= 4 is 5.91 Å². The van der Waals surface area contributed by atoms with Crippen LogP contribution in [0.3, 0.4) is 0 Å². The minimum absolute atomic E-state index is 0.0327. The van der Waals surface area contributed by atoms with Gasteiger partial charge in [0.1, 0.15) is 5.75 Å². The molecule has 2 rings (SSSR count). The fraction of sp³-hybridized carbons (Fsp3) is 0.562. The number of rotatable bonds is 3. The number of hydrogen-bond donors (Lipinski definition) is 1. The highest BCUT2D eigenvalue weighted by Crippen LogP contribution is 2.20. The average molecular weight is 277 g/mol. The smallest absolute Gasteiger partial charge is 0.260 e. The second-order valence-electron chi connectivity index (χ2n) is 5.73. The Kier molecular flexibility index (Phi) is 4.65. The molecule has 4 heteroatoms. The molecule has 0 saturated carbocycles. The fourth-order valence-corrected chi connectivity index (χ4v) is 2.47. The number of ether oxygens (including phenoxy) is 1. The third-order valence-corrected chi connectivity index (χ3v) is 3.95. The maximum Gasteiger partial charge on any atom is 0.260 e. The number of benzene rings is 1. The van der Waals surface area contributed by atoms with Gasteiger partial charge < -0.3 is 14.7 Å². The molecule has 1 aliphatic heterocycles. The number of carbonyl (C=O) groups is 1. The van der Waals surface area contributed by atoms with E-state index in [0.29, 0.717) is 13.1 Å². The van der Waals surface area contributed by atoms with Crippen molar-refractivity contribution in [3.63, 3.8) is 0 Å². The summed E-state index contributed by atoms with van der Waals surface area (Å²) in [7, 11) is 0. The van der Waals surface area contributed by atoms with Crippen LogP contribution in [0.5, 0.6) is 5.75 Å². The largest absolute Gasteiger partial charge is 0.484 e. The van der Waals surface area contributed by atoms with Crippen molar-refractivity contribution in [2.45, 2.75) is 33.3 Å². The molecule has 1 fully saturated rings. The minimum Gasteiger partial charge on any atom is -0.484 e. The summed E-state index contributed by atoms with van der Waals surface area (Å²) in [6.07, 6.45) is 0.421. The zero-order chi connectivity index (χ0) is 14.7. The standard InChI is InChI=1S/C16H23NO3/c1-11-4-5-15(13(3)8-11)20-10-16(19)17-7-6-12(2)14(18)9-17/h4-5,8,12,14,18H,6-7,9-10H2,1-3H3. The van der Waals surface area contributed by atoms with Gasteiger partial charge >= 0.3 is 0 Å². The van der Waals surface area contributed by atoms with Crippen LogP contribution in [-0.2, 0) is 4.79 Å². The van der Waals surface area contributed by atoms with Crippen molar-refractivity contribution in [3.8, 4) is 5.75 Å². The number of aliphatic hydroxyl groups excluding tert-OH is 1. The van der Waals surface area contributed by atoms with E-state index < -0.39 is 6.10 Å². The first-order valence-corrected chi connectivity index (χ1v) is 7.13. The quantitative estimate of drug-likeness (QED) is 0.918. The SMILES string of the molecule is Cc1ccc(OCC(=O)N2CCC(C)C(O)C2)c(C)c1. The molecule has 2 unspecified atom stereocenters. The maximum atomic E-state index is 12.1. The second-order valence-corrected chi connectivity index (χ2v) is 5.73. The van der Waals surface area contributed by atoms with E-state index >= 15 is 0 Å². The number of piperidine rings is 1. The van der Waals surface area contributed by atoms with Crippen molar-refractivity contribution in [2.75, 3.05) is 19.7 Å². The van der Waals surface area contributed by atoms with Crippen molar-refractivity contribution < 1.29 is 14.6 Å². The minimum atomic E-state index is -0.422. The van der Waals surface area contributed by atoms with E-state index in [1.165, 1.54) is 5.56 Å². The molecule has 2 atom stereocenters. The van der Waals surface area contributed by atoms with E-state index in [1.807, 2.05) is 39.0 Å². The fourth-order valence-electron chi connectivity index (χ4n) is 2.47. The zero-order valence-electron chi connectivity index (χ0n) is 12.4. The molecule has 1 aromatic carbocycles. The van der Waals surface area contributed by atoms with Crippen LogP contribution in [0.15, 0.2) is 18.2 Å². The molecule has 1 amide bonds. The molecule has 0 spiro atoms. The van der Waals surface area contributed by atoms with Gasteiger partial charge in [-0.05, 0) is 37.8 Å². The van der Waals surface area contributed by atoms with Crippen LogP contribution in [0.2, 0.25) is 0 Å². The topological polar surface area (TPSA) is 49.8 Å². The predicted molar refractivity (Wildman–Crippen MR) is 77.8 cm³/mol. The number of aliphatic hydroxyl groups is 1. The summed E-state index contributed by atoms with van der Waals surface area (Å²) in [6, 6.07) is 5.90. The van der Waals surface area contributed by atoms with E-state index in [2.05, 4.69) is 0 Å². The Morgan fingerprint density at radius 1 is 1.45 bits per heavy atom. The Labute approximate surface area is 120 Å². The molecule has 0 bridgehead atoms. The van der Waals surface area contributed by atoms with Crippen molar-refractivity contribution in [1.82, 2.24) is 4.90 Å². The first kappa shape index (κ1) is 14.9. The van der Waals surface area contributed by atoms with Gasteiger partial charge in [0.2, 0.25) is 0 Å². The van der Waals surface area contributed by atoms with Gasteiger partial charge in [0, 0.05) is 13.1 Å². The molecule has 1 N–H and O–H groups in total. The summed E-state index contributed by atoms with van der Waals surface area (Å²) >= 11 is 0. The van der Waals surface area contributed by atoms with Crippen LogP contribution in [0.4, 0.5) is 0 Å². The van der Waals surface area contributed by atoms with Crippen LogP contribution in [0, 0.1) is 19.8 Å². The molecule has 1 aromatic rings. The number of hydrogen-bond acceptors (Lipinski definition) is 3. The molecule has 110 valence electrons. The van der Waals surface area contributed by atoms with E-state index in [9.17, 15) is 9.90 Å². The summed E-state index contributed by atoms with van der Waals surface area (Å²) in [4.78, 5) is 13.8. The average Bonchev–Trinajstić information content (AvgIpc) is 2.40. The van der Waals surface area contributed by atoms with Gasteiger partial charge in [-0.2, -0.15) is 0 Å². The van der Waals surface area contributed by atoms with E-state index in [-0.39, 0.29) is 18.4 Å². The number of nitrogens with zero attached hydrogens (tertiary/aromatic N) is 1. The van der Waals surface area contributed by atoms with Crippen molar-refractivity contribution in [2.24, 2.45) is 5.92 Å². The Bertz CT molecular complexity index is 487. The van der Waals surface area contributed by atoms with Crippen LogP contribution >= 0.6 is 0 Å². The van der Waals surface area contributed by atoms with Gasteiger partial charge in [0.05, 0.1) is 6.10 Å². The van der Waals surface area contributed by atoms with Crippen LogP contribution in [-0.4, -0.2) is 41.7 Å². The Balaban J connectivity index is 1.89. The molecule has 1 heterocycles. The first-order chi connectivity index (χ1) is 9.47. The van der Waals surface area contributed by atoms with Gasteiger partial charge in [-0.3, -0.25) is 4.79 Å². The molecular formula is C16H23NO3. The van der Waals surface area contributed by atoms with Crippen LogP contribution in [0.25, 0.3) is 0 Å². The third kappa shape index (κ3) is 3.51. The van der Waals surface area contributed by atoms with Gasteiger partial charge in [-0.15, -0.1) is 0 Å². The predicted octanol–water partition coefficient (Wildman–Crippen LogP) is 1.91. The molecule has 1 aliphatic rings.